The predicted molar refractivity (Wildman–Crippen MR) is 133 cm³/mol. The maximum absolute atomic E-state index is 13.7. The molecule has 1 aliphatic carbocycles. The number of nitrogens with zero attached hydrogens (tertiary/aromatic N) is 2. The SMILES string of the molecule is Cc1cccc(C)c1-c1cc2nc(n1)NS(=O)(=O)c1cccc(c1)C(=O)N[C@@H](CC1(C(F)(F)F)CC1)CO2. The number of hydrogen-bond donors (Lipinski definition) is 2. The van der Waals surface area contributed by atoms with E-state index >= 15 is 0 Å². The van der Waals surface area contributed by atoms with Crippen molar-refractivity contribution in [3.05, 3.63) is 65.2 Å². The molecular weight excluding hydrogens is 521 g/mol. The van der Waals surface area contributed by atoms with Crippen LogP contribution in [0.4, 0.5) is 19.1 Å². The molecule has 0 unspecified atom stereocenters. The average molecular weight is 547 g/mol. The number of aryl methyl sites for hydroxylation is 2. The first-order chi connectivity index (χ1) is 17.9. The van der Waals surface area contributed by atoms with Crippen LogP contribution >= 0.6 is 0 Å². The van der Waals surface area contributed by atoms with Gasteiger partial charge in [-0.2, -0.15) is 18.2 Å². The topological polar surface area (TPSA) is 110 Å². The van der Waals surface area contributed by atoms with Crippen molar-refractivity contribution in [3.8, 4) is 17.1 Å². The summed E-state index contributed by atoms with van der Waals surface area (Å²) < 4.78 is 75.7. The van der Waals surface area contributed by atoms with Gasteiger partial charge >= 0.3 is 6.18 Å². The molecular formula is C26H25F3N4O4S. The van der Waals surface area contributed by atoms with Crippen LogP contribution in [-0.2, 0) is 10.0 Å². The second-order valence-corrected chi connectivity index (χ2v) is 11.5. The Morgan fingerprint density at radius 2 is 1.74 bits per heavy atom. The minimum atomic E-state index is -4.42. The van der Waals surface area contributed by atoms with Gasteiger partial charge in [-0.25, -0.2) is 18.1 Å². The van der Waals surface area contributed by atoms with Crippen molar-refractivity contribution >= 4 is 21.9 Å². The first-order valence-electron chi connectivity index (χ1n) is 12.0. The van der Waals surface area contributed by atoms with E-state index < -0.39 is 33.6 Å². The Balaban J connectivity index is 1.60. The van der Waals surface area contributed by atoms with Gasteiger partial charge in [-0.15, -0.1) is 0 Å². The second-order valence-electron chi connectivity index (χ2n) is 9.78. The molecule has 1 aromatic heterocycles. The van der Waals surface area contributed by atoms with E-state index in [1.807, 2.05) is 32.0 Å². The average Bonchev–Trinajstić information content (AvgIpc) is 3.63. The van der Waals surface area contributed by atoms with Crippen LogP contribution in [0.3, 0.4) is 0 Å². The van der Waals surface area contributed by atoms with Crippen LogP contribution in [0, 0.1) is 19.3 Å². The Kier molecular flexibility index (Phi) is 6.33. The number of fused-ring (bicyclic) bond motifs is 4. The summed E-state index contributed by atoms with van der Waals surface area (Å²) in [5.74, 6) is -1.02. The molecule has 1 saturated carbocycles. The van der Waals surface area contributed by atoms with Gasteiger partial charge in [0, 0.05) is 17.2 Å². The van der Waals surface area contributed by atoms with Crippen LogP contribution in [0.5, 0.6) is 5.88 Å². The van der Waals surface area contributed by atoms with Crippen LogP contribution < -0.4 is 14.8 Å². The third-order valence-corrected chi connectivity index (χ3v) is 8.26. The number of ether oxygens (including phenoxy) is 1. The molecule has 0 spiro atoms. The van der Waals surface area contributed by atoms with Gasteiger partial charge < -0.3 is 10.1 Å². The fourth-order valence-electron chi connectivity index (χ4n) is 4.71. The number of anilines is 1. The fraction of sp³-hybridized carbons (Fsp3) is 0.346. The molecule has 2 heterocycles. The maximum atomic E-state index is 13.7. The van der Waals surface area contributed by atoms with Crippen molar-refractivity contribution in [1.82, 2.24) is 15.3 Å². The molecule has 1 atom stereocenters. The molecule has 5 rings (SSSR count). The van der Waals surface area contributed by atoms with E-state index in [4.69, 9.17) is 4.74 Å². The molecule has 3 aromatic rings. The van der Waals surface area contributed by atoms with Crippen molar-refractivity contribution in [2.45, 2.75) is 50.2 Å². The summed E-state index contributed by atoms with van der Waals surface area (Å²) >= 11 is 0. The molecule has 2 aromatic carbocycles. The Hall–Kier alpha value is -3.67. The van der Waals surface area contributed by atoms with Gasteiger partial charge in [0.2, 0.25) is 11.8 Å². The monoisotopic (exact) mass is 546 g/mol. The number of rotatable bonds is 3. The number of alkyl halides is 3. The van der Waals surface area contributed by atoms with Crippen molar-refractivity contribution in [3.63, 3.8) is 0 Å². The second kappa shape index (κ2) is 9.26. The summed E-state index contributed by atoms with van der Waals surface area (Å²) in [7, 11) is -4.21. The maximum Gasteiger partial charge on any atom is 0.394 e. The molecule has 0 saturated heterocycles. The molecule has 1 fully saturated rings. The lowest BCUT2D eigenvalue weighted by atomic mass is 9.96. The van der Waals surface area contributed by atoms with Gasteiger partial charge in [-0.3, -0.25) is 4.79 Å². The summed E-state index contributed by atoms with van der Waals surface area (Å²) in [5, 5.41) is 2.61. The zero-order chi connectivity index (χ0) is 27.3. The summed E-state index contributed by atoms with van der Waals surface area (Å²) in [5.41, 5.74) is 0.958. The van der Waals surface area contributed by atoms with Crippen LogP contribution in [0.1, 0.15) is 40.7 Å². The van der Waals surface area contributed by atoms with E-state index in [0.717, 1.165) is 22.8 Å². The Labute approximate surface area is 217 Å². The number of carbonyl (C=O) groups excluding carboxylic acids is 1. The van der Waals surface area contributed by atoms with E-state index in [1.54, 1.807) is 0 Å². The summed E-state index contributed by atoms with van der Waals surface area (Å²) in [4.78, 5) is 21.3. The van der Waals surface area contributed by atoms with Crippen molar-refractivity contribution in [2.75, 3.05) is 11.3 Å². The number of benzene rings is 2. The van der Waals surface area contributed by atoms with E-state index in [1.165, 1.54) is 24.3 Å². The Morgan fingerprint density at radius 1 is 1.05 bits per heavy atom. The summed E-state index contributed by atoms with van der Waals surface area (Å²) in [6.45, 7) is 3.44. The molecule has 38 heavy (non-hydrogen) atoms. The highest BCUT2D eigenvalue weighted by Gasteiger charge is 2.63. The predicted octanol–water partition coefficient (Wildman–Crippen LogP) is 4.78. The summed E-state index contributed by atoms with van der Waals surface area (Å²) in [6.07, 6.45) is -4.86. The van der Waals surface area contributed by atoms with Gasteiger partial charge in [0.15, 0.2) is 0 Å². The Morgan fingerprint density at radius 3 is 2.39 bits per heavy atom. The zero-order valence-electron chi connectivity index (χ0n) is 20.6. The fourth-order valence-corrected chi connectivity index (χ4v) is 5.70. The number of aromatic nitrogens is 2. The molecule has 12 heteroatoms. The van der Waals surface area contributed by atoms with E-state index in [0.29, 0.717) is 5.69 Å². The highest BCUT2D eigenvalue weighted by Crippen LogP contribution is 2.60. The number of amides is 1. The first kappa shape index (κ1) is 26.0. The van der Waals surface area contributed by atoms with Crippen molar-refractivity contribution in [1.29, 1.82) is 0 Å². The van der Waals surface area contributed by atoms with E-state index in [2.05, 4.69) is 20.0 Å². The highest BCUT2D eigenvalue weighted by molar-refractivity contribution is 7.92. The number of nitrogens with one attached hydrogen (secondary N) is 2. The molecule has 4 bridgehead atoms. The highest BCUT2D eigenvalue weighted by atomic mass is 32.2. The smallest absolute Gasteiger partial charge is 0.394 e. The number of hydrogen-bond acceptors (Lipinski definition) is 6. The van der Waals surface area contributed by atoms with Crippen LogP contribution in [0.25, 0.3) is 11.3 Å². The minimum absolute atomic E-state index is 0.0159. The lowest BCUT2D eigenvalue weighted by Crippen LogP contribution is -2.43. The van der Waals surface area contributed by atoms with Gasteiger partial charge in [-0.05, 0) is 62.4 Å². The molecule has 1 amide bonds. The third kappa shape index (κ3) is 5.04. The molecule has 2 aliphatic rings. The largest absolute Gasteiger partial charge is 0.475 e. The number of carbonyl (C=O) groups is 1. The number of sulfonamides is 1. The third-order valence-electron chi connectivity index (χ3n) is 6.93. The lowest BCUT2D eigenvalue weighted by molar-refractivity contribution is -0.190. The summed E-state index contributed by atoms with van der Waals surface area (Å²) in [6, 6.07) is 11.3. The first-order valence-corrected chi connectivity index (χ1v) is 13.4. The van der Waals surface area contributed by atoms with Gasteiger partial charge in [0.05, 0.1) is 22.0 Å². The van der Waals surface area contributed by atoms with Gasteiger partial charge in [0.1, 0.15) is 6.61 Å². The van der Waals surface area contributed by atoms with E-state index in [9.17, 15) is 26.4 Å². The lowest BCUT2D eigenvalue weighted by Gasteiger charge is -2.26. The van der Waals surface area contributed by atoms with Gasteiger partial charge in [0.25, 0.3) is 15.9 Å². The van der Waals surface area contributed by atoms with Gasteiger partial charge in [-0.1, -0.05) is 24.3 Å². The quantitative estimate of drug-likeness (QED) is 0.489. The Bertz CT molecular complexity index is 1500. The minimum Gasteiger partial charge on any atom is -0.475 e. The molecule has 2 N–H and O–H groups in total. The normalized spacial score (nSPS) is 20.0. The molecule has 200 valence electrons. The molecule has 1 aliphatic heterocycles. The molecule has 0 radical (unpaired) electrons. The zero-order valence-corrected chi connectivity index (χ0v) is 21.4. The van der Waals surface area contributed by atoms with Crippen molar-refractivity contribution in [2.24, 2.45) is 5.41 Å². The standard InChI is InChI=1S/C26H25F3N4O4S/c1-15-5-3-6-16(2)22(15)20-12-21-32-24(31-20)33-38(35,36)19-8-4-7-17(11-19)23(34)30-18(14-37-21)13-25(9-10-25)26(27,28)29/h3-8,11-12,18H,9-10,13-14H2,1-2H3,(H,30,34)(H,31,32,33)/t18-/m0/s1. The number of halogens is 3. The molecule has 8 nitrogen and oxygen atoms in total. The van der Waals surface area contributed by atoms with Crippen LogP contribution in [0.15, 0.2) is 53.4 Å². The van der Waals surface area contributed by atoms with Crippen LogP contribution in [-0.4, -0.2) is 43.1 Å². The van der Waals surface area contributed by atoms with E-state index in [-0.39, 0.29) is 48.2 Å². The van der Waals surface area contributed by atoms with Crippen LogP contribution in [0.2, 0.25) is 0 Å². The van der Waals surface area contributed by atoms with Crippen molar-refractivity contribution < 1.29 is 31.1 Å².